The Bertz CT molecular complexity index is 765. The molecule has 1 N–H and O–H groups in total. The van der Waals surface area contributed by atoms with Crippen LogP contribution in [0.3, 0.4) is 0 Å². The van der Waals surface area contributed by atoms with E-state index >= 15 is 0 Å². The normalized spacial score (nSPS) is 14.7. The summed E-state index contributed by atoms with van der Waals surface area (Å²) in [4.78, 5) is 22.6. The third kappa shape index (κ3) is 4.91. The Hall–Kier alpha value is -2.69. The van der Waals surface area contributed by atoms with E-state index in [0.29, 0.717) is 31.2 Å². The predicted octanol–water partition coefficient (Wildman–Crippen LogP) is 4.15. The number of benzene rings is 2. The maximum absolute atomic E-state index is 12.4. The smallest absolute Gasteiger partial charge is 0.269 e. The summed E-state index contributed by atoms with van der Waals surface area (Å²) in [7, 11) is 0. The van der Waals surface area contributed by atoms with Gasteiger partial charge < -0.3 is 5.32 Å². The van der Waals surface area contributed by atoms with E-state index < -0.39 is 4.92 Å². The fourth-order valence-electron chi connectivity index (χ4n) is 3.27. The second-order valence-electron chi connectivity index (χ2n) is 7.08. The molecule has 1 atom stereocenters. The van der Waals surface area contributed by atoms with E-state index in [4.69, 9.17) is 0 Å². The Kier molecular flexibility index (Phi) is 5.66. The van der Waals surface area contributed by atoms with Crippen LogP contribution in [0.1, 0.15) is 41.9 Å². The van der Waals surface area contributed by atoms with E-state index in [1.165, 1.54) is 36.1 Å². The number of carbonyl (C=O) groups excluding carboxylic acids is 1. The molecule has 5 heteroatoms. The molecule has 2 aromatic rings. The number of non-ortho nitro benzene ring substituents is 1. The summed E-state index contributed by atoms with van der Waals surface area (Å²) < 4.78 is 0. The van der Waals surface area contributed by atoms with E-state index in [1.54, 1.807) is 12.1 Å². The molecule has 3 rings (SSSR count). The largest absolute Gasteiger partial charge is 0.356 e. The molecule has 0 aromatic heterocycles. The fraction of sp³-hybridized carbons (Fsp3) is 0.381. The second-order valence-corrected chi connectivity index (χ2v) is 7.08. The number of nitro groups is 1. The molecule has 5 nitrogen and oxygen atoms in total. The van der Waals surface area contributed by atoms with Crippen LogP contribution in [0.15, 0.2) is 48.5 Å². The Morgan fingerprint density at radius 3 is 2.38 bits per heavy atom. The van der Waals surface area contributed by atoms with Gasteiger partial charge in [-0.2, -0.15) is 0 Å². The molecule has 0 bridgehead atoms. The first kappa shape index (κ1) is 18.1. The molecule has 0 saturated heterocycles. The highest BCUT2D eigenvalue weighted by molar-refractivity contribution is 5.77. The van der Waals surface area contributed by atoms with Gasteiger partial charge in [-0.3, -0.25) is 14.9 Å². The van der Waals surface area contributed by atoms with Gasteiger partial charge in [0, 0.05) is 25.1 Å². The third-order valence-electron chi connectivity index (χ3n) is 4.98. The van der Waals surface area contributed by atoms with Crippen molar-refractivity contribution in [3.63, 3.8) is 0 Å². The average Bonchev–Trinajstić information content (AvgIpc) is 3.46. The van der Waals surface area contributed by atoms with Gasteiger partial charge in [0.1, 0.15) is 0 Å². The Balaban J connectivity index is 1.49. The topological polar surface area (TPSA) is 72.2 Å². The van der Waals surface area contributed by atoms with Crippen molar-refractivity contribution in [2.24, 2.45) is 5.92 Å². The molecular weight excluding hydrogens is 328 g/mol. The SMILES string of the molecule is Cc1ccc(C(CC(=O)NCCc2ccc([N+](=O)[O-])cc2)C2CC2)cc1. The van der Waals surface area contributed by atoms with Gasteiger partial charge >= 0.3 is 0 Å². The van der Waals surface area contributed by atoms with Crippen molar-refractivity contribution in [1.82, 2.24) is 5.32 Å². The number of nitrogens with zero attached hydrogens (tertiary/aromatic N) is 1. The van der Waals surface area contributed by atoms with Gasteiger partial charge in [0.15, 0.2) is 0 Å². The molecule has 1 aliphatic rings. The van der Waals surface area contributed by atoms with Crippen molar-refractivity contribution >= 4 is 11.6 Å². The van der Waals surface area contributed by atoms with Crippen LogP contribution in [0.5, 0.6) is 0 Å². The molecule has 1 saturated carbocycles. The summed E-state index contributed by atoms with van der Waals surface area (Å²) >= 11 is 0. The van der Waals surface area contributed by atoms with Crippen molar-refractivity contribution in [1.29, 1.82) is 0 Å². The van der Waals surface area contributed by atoms with Gasteiger partial charge in [-0.05, 0) is 49.1 Å². The maximum atomic E-state index is 12.4. The minimum atomic E-state index is -0.408. The van der Waals surface area contributed by atoms with E-state index in [0.717, 1.165) is 5.56 Å². The molecule has 0 aliphatic heterocycles. The van der Waals surface area contributed by atoms with E-state index in [1.807, 2.05) is 0 Å². The monoisotopic (exact) mass is 352 g/mol. The summed E-state index contributed by atoms with van der Waals surface area (Å²) in [6.45, 7) is 2.61. The molecule has 26 heavy (non-hydrogen) atoms. The zero-order valence-electron chi connectivity index (χ0n) is 15.0. The molecule has 1 amide bonds. The van der Waals surface area contributed by atoms with Crippen LogP contribution < -0.4 is 5.32 Å². The van der Waals surface area contributed by atoms with Crippen LogP contribution in [0.4, 0.5) is 5.69 Å². The number of carbonyl (C=O) groups is 1. The third-order valence-corrected chi connectivity index (χ3v) is 4.98. The van der Waals surface area contributed by atoms with Crippen molar-refractivity contribution in [3.05, 3.63) is 75.3 Å². The minimum Gasteiger partial charge on any atom is -0.356 e. The van der Waals surface area contributed by atoms with Gasteiger partial charge in [0.2, 0.25) is 5.91 Å². The van der Waals surface area contributed by atoms with E-state index in [-0.39, 0.29) is 11.6 Å². The average molecular weight is 352 g/mol. The lowest BCUT2D eigenvalue weighted by Crippen LogP contribution is -2.27. The van der Waals surface area contributed by atoms with Crippen LogP contribution >= 0.6 is 0 Å². The highest BCUT2D eigenvalue weighted by Crippen LogP contribution is 2.44. The second kappa shape index (κ2) is 8.13. The minimum absolute atomic E-state index is 0.0735. The molecular formula is C21H24N2O3. The molecule has 1 fully saturated rings. The molecule has 0 radical (unpaired) electrons. The molecule has 1 aliphatic carbocycles. The molecule has 1 unspecified atom stereocenters. The quantitative estimate of drug-likeness (QED) is 0.573. The summed E-state index contributed by atoms with van der Waals surface area (Å²) in [6.07, 6.45) is 3.60. The number of aryl methyl sites for hydroxylation is 1. The van der Waals surface area contributed by atoms with Crippen molar-refractivity contribution < 1.29 is 9.72 Å². The molecule has 0 heterocycles. The number of nitrogens with one attached hydrogen (secondary N) is 1. The van der Waals surface area contributed by atoms with Gasteiger partial charge in [0.25, 0.3) is 5.69 Å². The summed E-state index contributed by atoms with van der Waals surface area (Å²) in [5.74, 6) is 0.998. The maximum Gasteiger partial charge on any atom is 0.269 e. The standard InChI is InChI=1S/C21H24N2O3/c1-15-2-6-17(7-3-15)20(18-8-9-18)14-21(24)22-13-12-16-4-10-19(11-5-16)23(25)26/h2-7,10-11,18,20H,8-9,12-14H2,1H3,(H,22,24). The van der Waals surface area contributed by atoms with Crippen molar-refractivity contribution in [2.45, 2.75) is 38.5 Å². The van der Waals surface area contributed by atoms with Crippen LogP contribution in [0, 0.1) is 23.0 Å². The van der Waals surface area contributed by atoms with Crippen LogP contribution in [-0.2, 0) is 11.2 Å². The number of hydrogen-bond acceptors (Lipinski definition) is 3. The summed E-state index contributed by atoms with van der Waals surface area (Å²) in [5.41, 5.74) is 3.55. The number of rotatable bonds is 8. The lowest BCUT2D eigenvalue weighted by molar-refractivity contribution is -0.384. The Morgan fingerprint density at radius 1 is 1.15 bits per heavy atom. The molecule has 136 valence electrons. The fourth-order valence-corrected chi connectivity index (χ4v) is 3.27. The highest BCUT2D eigenvalue weighted by atomic mass is 16.6. The summed E-state index contributed by atoms with van der Waals surface area (Å²) in [6, 6.07) is 15.0. The Labute approximate surface area is 153 Å². The molecule has 2 aromatic carbocycles. The molecule has 0 spiro atoms. The highest BCUT2D eigenvalue weighted by Gasteiger charge is 2.33. The van der Waals surface area contributed by atoms with Gasteiger partial charge in [-0.1, -0.05) is 42.0 Å². The van der Waals surface area contributed by atoms with Crippen molar-refractivity contribution in [2.75, 3.05) is 6.54 Å². The van der Waals surface area contributed by atoms with Gasteiger partial charge in [-0.25, -0.2) is 0 Å². The number of nitro benzene ring substituents is 1. The van der Waals surface area contributed by atoms with Gasteiger partial charge in [0.05, 0.1) is 4.92 Å². The number of hydrogen-bond donors (Lipinski definition) is 1. The summed E-state index contributed by atoms with van der Waals surface area (Å²) in [5, 5.41) is 13.7. The number of amides is 1. The van der Waals surface area contributed by atoms with E-state index in [9.17, 15) is 14.9 Å². The van der Waals surface area contributed by atoms with Crippen LogP contribution in [-0.4, -0.2) is 17.4 Å². The first-order valence-electron chi connectivity index (χ1n) is 9.09. The van der Waals surface area contributed by atoms with E-state index in [2.05, 4.69) is 36.5 Å². The van der Waals surface area contributed by atoms with Crippen molar-refractivity contribution in [3.8, 4) is 0 Å². The van der Waals surface area contributed by atoms with Crippen LogP contribution in [0.2, 0.25) is 0 Å². The zero-order chi connectivity index (χ0) is 18.5. The predicted molar refractivity (Wildman–Crippen MR) is 101 cm³/mol. The first-order valence-corrected chi connectivity index (χ1v) is 9.09. The first-order chi connectivity index (χ1) is 12.5. The lowest BCUT2D eigenvalue weighted by Gasteiger charge is -2.17. The van der Waals surface area contributed by atoms with Gasteiger partial charge in [-0.15, -0.1) is 0 Å². The lowest BCUT2D eigenvalue weighted by atomic mass is 9.90. The zero-order valence-corrected chi connectivity index (χ0v) is 15.0. The van der Waals surface area contributed by atoms with Crippen LogP contribution in [0.25, 0.3) is 0 Å². The Morgan fingerprint density at radius 2 is 1.81 bits per heavy atom.